The van der Waals surface area contributed by atoms with Crippen LogP contribution in [0.1, 0.15) is 40.4 Å². The quantitative estimate of drug-likeness (QED) is 0.190. The Balaban J connectivity index is 1.44. The second-order valence-electron chi connectivity index (χ2n) is 10.4. The number of nitrogens with zero attached hydrogens (tertiary/aromatic N) is 2. The average molecular weight is 718 g/mol. The van der Waals surface area contributed by atoms with Gasteiger partial charge < -0.3 is 18.9 Å². The summed E-state index contributed by atoms with van der Waals surface area (Å²) in [6.07, 6.45) is 3.51. The van der Waals surface area contributed by atoms with Crippen LogP contribution in [0.4, 0.5) is 8.78 Å². The van der Waals surface area contributed by atoms with Gasteiger partial charge in [0, 0.05) is 31.1 Å². The lowest BCUT2D eigenvalue weighted by molar-refractivity contribution is -0.150. The van der Waals surface area contributed by atoms with Crippen LogP contribution in [0, 0.1) is 5.92 Å². The monoisotopic (exact) mass is 716 g/mol. The van der Waals surface area contributed by atoms with Gasteiger partial charge in [0.15, 0.2) is 16.9 Å². The molecule has 1 aliphatic carbocycles. The third-order valence-electron chi connectivity index (χ3n) is 7.26. The Kier molecular flexibility index (Phi) is 10.9. The van der Waals surface area contributed by atoms with Gasteiger partial charge >= 0.3 is 18.6 Å². The zero-order valence-electron chi connectivity index (χ0n) is 24.2. The minimum atomic E-state index is -4.19. The van der Waals surface area contributed by atoms with Crippen LogP contribution in [0.5, 0.6) is 11.5 Å². The summed E-state index contributed by atoms with van der Waals surface area (Å²) in [6, 6.07) is 9.34. The third kappa shape index (κ3) is 8.03. The molecule has 246 valence electrons. The fraction of sp³-hybridized carbons (Fsp3) is 0.367. The molecule has 10 nitrogen and oxygen atoms in total. The van der Waals surface area contributed by atoms with E-state index in [9.17, 15) is 26.8 Å². The maximum atomic E-state index is 13.7. The minimum absolute atomic E-state index is 0.0248. The van der Waals surface area contributed by atoms with Crippen LogP contribution in [-0.2, 0) is 30.7 Å². The molecule has 1 aromatic heterocycles. The molecule has 2 aromatic carbocycles. The van der Waals surface area contributed by atoms with Crippen LogP contribution in [0.15, 0.2) is 59.8 Å². The molecule has 1 saturated carbocycles. The van der Waals surface area contributed by atoms with Gasteiger partial charge in [-0.05, 0) is 66.3 Å². The second kappa shape index (κ2) is 14.7. The van der Waals surface area contributed by atoms with Gasteiger partial charge in [0.2, 0.25) is 10.0 Å². The molecule has 0 radical (unpaired) electrons. The molecular formula is C30H28Cl2F2N2O8S2. The van der Waals surface area contributed by atoms with Crippen molar-refractivity contribution >= 4 is 56.9 Å². The first-order chi connectivity index (χ1) is 22.0. The Morgan fingerprint density at radius 1 is 1.07 bits per heavy atom. The van der Waals surface area contributed by atoms with Crippen molar-refractivity contribution in [3.05, 3.63) is 81.6 Å². The maximum Gasteiger partial charge on any atom is 0.387 e. The van der Waals surface area contributed by atoms with Crippen molar-refractivity contribution in [2.24, 2.45) is 5.92 Å². The fourth-order valence-corrected chi connectivity index (χ4v) is 8.24. The Labute approximate surface area is 278 Å². The number of thioether (sulfide) groups is 1. The number of alkyl halides is 2. The van der Waals surface area contributed by atoms with E-state index in [0.717, 1.165) is 28.9 Å². The average Bonchev–Trinajstić information content (AvgIpc) is 3.72. The number of rotatable bonds is 13. The van der Waals surface area contributed by atoms with Gasteiger partial charge in [-0.25, -0.2) is 18.0 Å². The zero-order chi connectivity index (χ0) is 33.0. The summed E-state index contributed by atoms with van der Waals surface area (Å²) in [5.41, 5.74) is 0.911. The highest BCUT2D eigenvalue weighted by atomic mass is 35.5. The summed E-state index contributed by atoms with van der Waals surface area (Å²) >= 11 is 13.8. The van der Waals surface area contributed by atoms with Gasteiger partial charge in [-0.3, -0.25) is 4.98 Å². The lowest BCUT2D eigenvalue weighted by Gasteiger charge is -2.26. The van der Waals surface area contributed by atoms with E-state index in [4.69, 9.17) is 32.7 Å². The molecule has 0 spiro atoms. The SMILES string of the molecule is COC(=O)c1ccc(S(=O)(=O)N2CCS[C@H]2C(=O)O[C@@H](Cc2c(Cl)cncc2Cl)c2ccc(OC(F)F)c(OCC3CC3)c2)cc1. The van der Waals surface area contributed by atoms with Crippen LogP contribution in [-0.4, -0.2) is 67.6 Å². The number of esters is 2. The fourth-order valence-electron chi connectivity index (χ4n) is 4.67. The number of aromatic nitrogens is 1. The van der Waals surface area contributed by atoms with Crippen molar-refractivity contribution in [3.63, 3.8) is 0 Å². The van der Waals surface area contributed by atoms with Gasteiger partial charge in [0.05, 0.1) is 34.2 Å². The molecule has 16 heteroatoms. The normalized spacial score (nSPS) is 17.5. The standard InChI is InChI=1S/C30H28Cl2F2N2O8S2/c1-41-28(37)18-4-7-20(8-5-18)46(39,40)36-10-11-45-27(36)29(38)43-25(13-21-22(31)14-35-15-23(21)32)19-6-9-24(44-30(33)34)26(12-19)42-16-17-2-3-17/h4-9,12,14-15,17,25,27,30H,2-3,10-11,13,16H2,1H3/t25-,27-/m0/s1. The van der Waals surface area contributed by atoms with Crippen molar-refractivity contribution in [2.75, 3.05) is 26.0 Å². The van der Waals surface area contributed by atoms with Crippen LogP contribution >= 0.6 is 35.0 Å². The molecule has 46 heavy (non-hydrogen) atoms. The Hall–Kier alpha value is -3.17. The molecule has 1 aliphatic heterocycles. The van der Waals surface area contributed by atoms with Crippen molar-refractivity contribution < 1.29 is 45.7 Å². The predicted octanol–water partition coefficient (Wildman–Crippen LogP) is 6.16. The molecule has 5 rings (SSSR count). The lowest BCUT2D eigenvalue weighted by atomic mass is 10.0. The number of carbonyl (C=O) groups excluding carboxylic acids is 2. The first kappa shape index (κ1) is 34.2. The van der Waals surface area contributed by atoms with Gasteiger partial charge in [0.25, 0.3) is 0 Å². The summed E-state index contributed by atoms with van der Waals surface area (Å²) in [6.45, 7) is -2.78. The van der Waals surface area contributed by atoms with E-state index in [1.165, 1.54) is 62.0 Å². The predicted molar refractivity (Wildman–Crippen MR) is 166 cm³/mol. The summed E-state index contributed by atoms with van der Waals surface area (Å²) in [7, 11) is -2.98. The molecule has 0 amide bonds. The van der Waals surface area contributed by atoms with E-state index in [1.54, 1.807) is 0 Å². The molecule has 1 saturated heterocycles. The Morgan fingerprint density at radius 3 is 2.39 bits per heavy atom. The topological polar surface area (TPSA) is 121 Å². The number of ether oxygens (including phenoxy) is 4. The molecule has 0 N–H and O–H groups in total. The summed E-state index contributed by atoms with van der Waals surface area (Å²) in [5.74, 6) is -1.03. The van der Waals surface area contributed by atoms with Crippen LogP contribution in [0.25, 0.3) is 0 Å². The van der Waals surface area contributed by atoms with Gasteiger partial charge in [-0.2, -0.15) is 13.1 Å². The van der Waals surface area contributed by atoms with Gasteiger partial charge in [-0.15, -0.1) is 11.8 Å². The Bertz CT molecular complexity index is 1670. The van der Waals surface area contributed by atoms with E-state index < -0.39 is 40.1 Å². The number of sulfonamides is 1. The number of methoxy groups -OCH3 is 1. The first-order valence-electron chi connectivity index (χ1n) is 14.0. The van der Waals surface area contributed by atoms with Gasteiger partial charge in [0.1, 0.15) is 6.10 Å². The molecular weight excluding hydrogens is 689 g/mol. The van der Waals surface area contributed by atoms with E-state index in [2.05, 4.69) is 14.5 Å². The largest absolute Gasteiger partial charge is 0.489 e. The lowest BCUT2D eigenvalue weighted by Crippen LogP contribution is -2.40. The smallest absolute Gasteiger partial charge is 0.387 e. The van der Waals surface area contributed by atoms with Crippen molar-refractivity contribution in [1.82, 2.24) is 9.29 Å². The highest BCUT2D eigenvalue weighted by Gasteiger charge is 2.42. The minimum Gasteiger partial charge on any atom is -0.489 e. The van der Waals surface area contributed by atoms with E-state index in [0.29, 0.717) is 29.4 Å². The number of halogens is 4. The second-order valence-corrected chi connectivity index (χ2v) is 14.3. The molecule has 3 aromatic rings. The van der Waals surface area contributed by atoms with Crippen molar-refractivity contribution in [3.8, 4) is 11.5 Å². The molecule has 2 atom stereocenters. The number of hydrogen-bond acceptors (Lipinski definition) is 10. The van der Waals surface area contributed by atoms with Crippen molar-refractivity contribution in [1.29, 1.82) is 0 Å². The zero-order valence-corrected chi connectivity index (χ0v) is 27.4. The number of hydrogen-bond donors (Lipinski definition) is 0. The number of carbonyl (C=O) groups is 2. The van der Waals surface area contributed by atoms with Crippen LogP contribution < -0.4 is 9.47 Å². The number of pyridine rings is 1. The van der Waals surface area contributed by atoms with E-state index in [-0.39, 0.29) is 45.0 Å². The number of benzene rings is 2. The van der Waals surface area contributed by atoms with Crippen LogP contribution in [0.2, 0.25) is 10.0 Å². The van der Waals surface area contributed by atoms with Gasteiger partial charge in [-0.1, -0.05) is 29.3 Å². The van der Waals surface area contributed by atoms with E-state index in [1.807, 2.05) is 0 Å². The highest BCUT2D eigenvalue weighted by molar-refractivity contribution is 8.02. The maximum absolute atomic E-state index is 13.7. The van der Waals surface area contributed by atoms with E-state index >= 15 is 0 Å². The summed E-state index contributed by atoms with van der Waals surface area (Å²) in [5, 5.41) is -0.847. The molecule has 0 bridgehead atoms. The summed E-state index contributed by atoms with van der Waals surface area (Å²) in [4.78, 5) is 29.4. The Morgan fingerprint density at radius 2 is 1.76 bits per heavy atom. The first-order valence-corrected chi connectivity index (χ1v) is 17.2. The molecule has 2 aliphatic rings. The third-order valence-corrected chi connectivity index (χ3v) is 11.1. The highest BCUT2D eigenvalue weighted by Crippen LogP contribution is 2.39. The molecule has 2 heterocycles. The molecule has 0 unspecified atom stereocenters. The van der Waals surface area contributed by atoms with Crippen LogP contribution in [0.3, 0.4) is 0 Å². The summed E-state index contributed by atoms with van der Waals surface area (Å²) < 4.78 is 75.6. The molecule has 2 fully saturated rings. The van der Waals surface area contributed by atoms with Crippen molar-refractivity contribution in [2.45, 2.75) is 42.2 Å².